The molecule has 174 valence electrons. The van der Waals surface area contributed by atoms with E-state index in [1.807, 2.05) is 30.3 Å². The van der Waals surface area contributed by atoms with Crippen LogP contribution >= 0.6 is 0 Å². The van der Waals surface area contributed by atoms with Gasteiger partial charge in [-0.25, -0.2) is 4.79 Å². The standard InChI is InChI=1S/C26H20N4O5/c1-2-35-26(32)18-10-12-19(13-11-18)29-24(17-8-14-20(15-9-17)30(33)34)21-22(16-6-4-3-5-7-16)27-28-23(21)25(29)31/h3-15,24H,2H2,1H3,(H,27,28). The number of benzene rings is 3. The molecule has 1 aliphatic rings. The maximum absolute atomic E-state index is 13.6. The van der Waals surface area contributed by atoms with Crippen LogP contribution in [0.15, 0.2) is 78.9 Å². The van der Waals surface area contributed by atoms with Crippen LogP contribution in [0.5, 0.6) is 0 Å². The molecule has 3 aromatic carbocycles. The Bertz CT molecular complexity index is 1410. The second-order valence-electron chi connectivity index (χ2n) is 7.92. The first-order chi connectivity index (χ1) is 17.0. The van der Waals surface area contributed by atoms with Gasteiger partial charge in [0.1, 0.15) is 5.69 Å². The normalized spacial score (nSPS) is 14.6. The van der Waals surface area contributed by atoms with Crippen LogP contribution in [0.25, 0.3) is 11.3 Å². The molecule has 2 heterocycles. The first kappa shape index (κ1) is 22.0. The van der Waals surface area contributed by atoms with Gasteiger partial charge in [0.2, 0.25) is 0 Å². The van der Waals surface area contributed by atoms with Crippen molar-refractivity contribution in [3.8, 4) is 11.3 Å². The van der Waals surface area contributed by atoms with Crippen LogP contribution < -0.4 is 4.90 Å². The van der Waals surface area contributed by atoms with Crippen molar-refractivity contribution in [2.75, 3.05) is 11.5 Å². The van der Waals surface area contributed by atoms with E-state index in [0.29, 0.717) is 33.8 Å². The lowest BCUT2D eigenvalue weighted by Gasteiger charge is -2.26. The summed E-state index contributed by atoms with van der Waals surface area (Å²) in [5.74, 6) is -0.735. The summed E-state index contributed by atoms with van der Waals surface area (Å²) in [5, 5.41) is 18.5. The number of fused-ring (bicyclic) bond motifs is 1. The summed E-state index contributed by atoms with van der Waals surface area (Å²) < 4.78 is 5.05. The van der Waals surface area contributed by atoms with Crippen LogP contribution in [0.4, 0.5) is 11.4 Å². The lowest BCUT2D eigenvalue weighted by atomic mass is 9.95. The van der Waals surface area contributed by atoms with Crippen molar-refractivity contribution in [2.45, 2.75) is 13.0 Å². The van der Waals surface area contributed by atoms with E-state index in [-0.39, 0.29) is 18.2 Å². The van der Waals surface area contributed by atoms with E-state index >= 15 is 0 Å². The summed E-state index contributed by atoms with van der Waals surface area (Å²) in [6.07, 6.45) is 0. The number of H-pyrrole nitrogens is 1. The number of amides is 1. The minimum Gasteiger partial charge on any atom is -0.462 e. The number of non-ortho nitro benzene ring substituents is 1. The highest BCUT2D eigenvalue weighted by molar-refractivity contribution is 6.12. The zero-order valence-corrected chi connectivity index (χ0v) is 18.7. The Morgan fingerprint density at radius 2 is 1.74 bits per heavy atom. The van der Waals surface area contributed by atoms with Crippen LogP contribution in [0.3, 0.4) is 0 Å². The van der Waals surface area contributed by atoms with E-state index < -0.39 is 16.9 Å². The third-order valence-electron chi connectivity index (χ3n) is 5.89. The maximum atomic E-state index is 13.6. The molecular formula is C26H20N4O5. The Hall–Kier alpha value is -4.79. The number of anilines is 1. The zero-order chi connectivity index (χ0) is 24.5. The van der Waals surface area contributed by atoms with Crippen molar-refractivity contribution in [3.63, 3.8) is 0 Å². The van der Waals surface area contributed by atoms with Gasteiger partial charge in [0.15, 0.2) is 0 Å². The van der Waals surface area contributed by atoms with Gasteiger partial charge in [-0.05, 0) is 48.9 Å². The summed E-state index contributed by atoms with van der Waals surface area (Å²) in [7, 11) is 0. The number of ether oxygens (including phenoxy) is 1. The molecule has 1 unspecified atom stereocenters. The van der Waals surface area contributed by atoms with Gasteiger partial charge in [0.25, 0.3) is 11.6 Å². The number of aromatic nitrogens is 2. The summed E-state index contributed by atoms with van der Waals surface area (Å²) in [6, 6.07) is 21.6. The topological polar surface area (TPSA) is 118 Å². The Morgan fingerprint density at radius 1 is 1.06 bits per heavy atom. The van der Waals surface area contributed by atoms with E-state index in [0.717, 1.165) is 5.56 Å². The number of hydrogen-bond donors (Lipinski definition) is 1. The van der Waals surface area contributed by atoms with Crippen molar-refractivity contribution in [1.82, 2.24) is 10.2 Å². The van der Waals surface area contributed by atoms with Gasteiger partial charge >= 0.3 is 5.97 Å². The van der Waals surface area contributed by atoms with E-state index in [1.165, 1.54) is 12.1 Å². The van der Waals surface area contributed by atoms with Gasteiger partial charge in [0, 0.05) is 28.9 Å². The predicted molar refractivity (Wildman–Crippen MR) is 128 cm³/mol. The minimum absolute atomic E-state index is 0.0425. The van der Waals surface area contributed by atoms with Gasteiger partial charge in [0.05, 0.1) is 28.8 Å². The fraction of sp³-hybridized carbons (Fsp3) is 0.115. The summed E-state index contributed by atoms with van der Waals surface area (Å²) >= 11 is 0. The van der Waals surface area contributed by atoms with Gasteiger partial charge in [-0.2, -0.15) is 5.10 Å². The summed E-state index contributed by atoms with van der Waals surface area (Å²) in [5.41, 5.74) is 4.09. The second kappa shape index (κ2) is 8.86. The number of carbonyl (C=O) groups excluding carboxylic acids is 2. The number of nitrogens with zero attached hydrogens (tertiary/aromatic N) is 3. The zero-order valence-electron chi connectivity index (χ0n) is 18.7. The fourth-order valence-electron chi connectivity index (χ4n) is 4.30. The third kappa shape index (κ3) is 3.82. The quantitative estimate of drug-likeness (QED) is 0.244. The number of nitro benzene ring substituents is 1. The smallest absolute Gasteiger partial charge is 0.338 e. The van der Waals surface area contributed by atoms with E-state index in [2.05, 4.69) is 10.2 Å². The molecule has 5 rings (SSSR count). The summed E-state index contributed by atoms with van der Waals surface area (Å²) in [4.78, 5) is 38.0. The molecule has 0 fully saturated rings. The monoisotopic (exact) mass is 468 g/mol. The number of rotatable bonds is 6. The largest absolute Gasteiger partial charge is 0.462 e. The molecule has 0 spiro atoms. The molecule has 4 aromatic rings. The lowest BCUT2D eigenvalue weighted by Crippen LogP contribution is -2.29. The summed E-state index contributed by atoms with van der Waals surface area (Å²) in [6.45, 7) is 1.99. The third-order valence-corrected chi connectivity index (χ3v) is 5.89. The molecule has 9 heteroatoms. The molecule has 0 radical (unpaired) electrons. The van der Waals surface area contributed by atoms with Crippen molar-refractivity contribution < 1.29 is 19.2 Å². The van der Waals surface area contributed by atoms with Crippen LogP contribution in [-0.2, 0) is 4.74 Å². The predicted octanol–water partition coefficient (Wildman–Crippen LogP) is 4.91. The van der Waals surface area contributed by atoms with Crippen LogP contribution in [-0.4, -0.2) is 33.6 Å². The van der Waals surface area contributed by atoms with Crippen molar-refractivity contribution in [2.24, 2.45) is 0 Å². The molecule has 1 aromatic heterocycles. The number of esters is 1. The SMILES string of the molecule is CCOC(=O)c1ccc(N2C(=O)c3[nH]nc(-c4ccccc4)c3C2c2ccc([N+](=O)[O-])cc2)cc1. The highest BCUT2D eigenvalue weighted by Gasteiger charge is 2.43. The molecule has 9 nitrogen and oxygen atoms in total. The van der Waals surface area contributed by atoms with Gasteiger partial charge in [-0.15, -0.1) is 0 Å². The van der Waals surface area contributed by atoms with Gasteiger partial charge < -0.3 is 4.74 Å². The van der Waals surface area contributed by atoms with Crippen LogP contribution in [0.2, 0.25) is 0 Å². The first-order valence-corrected chi connectivity index (χ1v) is 11.0. The van der Waals surface area contributed by atoms with Crippen LogP contribution in [0.1, 0.15) is 44.9 Å². The number of aromatic amines is 1. The Labute approximate surface area is 200 Å². The highest BCUT2D eigenvalue weighted by Crippen LogP contribution is 2.45. The molecule has 35 heavy (non-hydrogen) atoms. The molecule has 1 N–H and O–H groups in total. The number of hydrogen-bond acceptors (Lipinski definition) is 6. The molecule has 0 saturated carbocycles. The fourth-order valence-corrected chi connectivity index (χ4v) is 4.30. The van der Waals surface area contributed by atoms with E-state index in [9.17, 15) is 19.7 Å². The first-order valence-electron chi connectivity index (χ1n) is 11.0. The molecule has 1 aliphatic heterocycles. The molecular weight excluding hydrogens is 448 g/mol. The van der Waals surface area contributed by atoms with Crippen molar-refractivity contribution in [3.05, 3.63) is 111 Å². The molecule has 1 amide bonds. The molecule has 0 bridgehead atoms. The van der Waals surface area contributed by atoms with Gasteiger partial charge in [-0.3, -0.25) is 24.9 Å². The average Bonchev–Trinajstić information content (AvgIpc) is 3.44. The highest BCUT2D eigenvalue weighted by atomic mass is 16.6. The number of nitrogens with one attached hydrogen (secondary N) is 1. The Kier molecular flexibility index (Phi) is 5.58. The van der Waals surface area contributed by atoms with E-state index in [4.69, 9.17) is 4.74 Å². The molecule has 0 aliphatic carbocycles. The average molecular weight is 468 g/mol. The van der Waals surface area contributed by atoms with Crippen LogP contribution in [0, 0.1) is 10.1 Å². The number of carbonyl (C=O) groups is 2. The number of nitro groups is 1. The second-order valence-corrected chi connectivity index (χ2v) is 7.92. The Balaban J connectivity index is 1.63. The van der Waals surface area contributed by atoms with E-state index in [1.54, 1.807) is 48.2 Å². The van der Waals surface area contributed by atoms with Crippen molar-refractivity contribution >= 4 is 23.3 Å². The lowest BCUT2D eigenvalue weighted by molar-refractivity contribution is -0.384. The Morgan fingerprint density at radius 3 is 2.37 bits per heavy atom. The maximum Gasteiger partial charge on any atom is 0.338 e. The van der Waals surface area contributed by atoms with Crippen molar-refractivity contribution in [1.29, 1.82) is 0 Å². The molecule has 1 atom stereocenters. The molecule has 0 saturated heterocycles. The van der Waals surface area contributed by atoms with Gasteiger partial charge in [-0.1, -0.05) is 30.3 Å². The minimum atomic E-state index is -0.583.